The van der Waals surface area contributed by atoms with Crippen molar-refractivity contribution in [1.82, 2.24) is 10.2 Å². The van der Waals surface area contributed by atoms with E-state index in [4.69, 9.17) is 0 Å². The van der Waals surface area contributed by atoms with Gasteiger partial charge in [-0.25, -0.2) is 0 Å². The summed E-state index contributed by atoms with van der Waals surface area (Å²) in [4.78, 5) is 27.0. The molecule has 2 aromatic carbocycles. The van der Waals surface area contributed by atoms with E-state index in [-0.39, 0.29) is 23.8 Å². The number of carbonyl (C=O) groups excluding carboxylic acids is 2. The van der Waals surface area contributed by atoms with Crippen LogP contribution >= 0.6 is 0 Å². The van der Waals surface area contributed by atoms with Crippen LogP contribution in [0.1, 0.15) is 47.6 Å². The zero-order valence-electron chi connectivity index (χ0n) is 15.8. The fraction of sp³-hybridized carbons (Fsp3) is 0.391. The van der Waals surface area contributed by atoms with Crippen LogP contribution in [-0.4, -0.2) is 23.3 Å². The summed E-state index contributed by atoms with van der Waals surface area (Å²) in [6.07, 6.45) is 3.45. The number of hydrogen-bond acceptors (Lipinski definition) is 2. The first-order valence-corrected chi connectivity index (χ1v) is 9.81. The Morgan fingerprint density at radius 3 is 2.74 bits per heavy atom. The second-order valence-electron chi connectivity index (χ2n) is 7.81. The molecule has 0 unspecified atom stereocenters. The van der Waals surface area contributed by atoms with Gasteiger partial charge in [-0.3, -0.25) is 9.59 Å². The van der Waals surface area contributed by atoms with Crippen LogP contribution in [0.25, 0.3) is 0 Å². The van der Waals surface area contributed by atoms with Gasteiger partial charge >= 0.3 is 0 Å². The van der Waals surface area contributed by atoms with E-state index in [1.54, 1.807) is 0 Å². The molecule has 0 bridgehead atoms. The van der Waals surface area contributed by atoms with Gasteiger partial charge in [0.2, 0.25) is 11.8 Å². The summed E-state index contributed by atoms with van der Waals surface area (Å²) in [5.41, 5.74) is 4.88. The predicted molar refractivity (Wildman–Crippen MR) is 105 cm³/mol. The predicted octanol–water partition coefficient (Wildman–Crippen LogP) is 3.54. The topological polar surface area (TPSA) is 49.4 Å². The quantitative estimate of drug-likeness (QED) is 0.904. The lowest BCUT2D eigenvalue weighted by molar-refractivity contribution is -0.129. The third-order valence-electron chi connectivity index (χ3n) is 5.77. The van der Waals surface area contributed by atoms with Gasteiger partial charge in [0.1, 0.15) is 0 Å². The normalized spacial score (nSPS) is 21.8. The lowest BCUT2D eigenvalue weighted by Crippen LogP contribution is -2.36. The number of carbonyl (C=O) groups is 2. The van der Waals surface area contributed by atoms with Gasteiger partial charge in [0.05, 0.1) is 12.0 Å². The molecule has 1 aliphatic carbocycles. The number of likely N-dealkylation sites (tertiary alicyclic amines) is 1. The SMILES string of the molecule is Cc1ccc(CN2C[C@@H](C(=O)N[C@H]3CCCc4ccccc43)CC2=O)cc1. The Bertz CT molecular complexity index is 844. The van der Waals surface area contributed by atoms with E-state index in [1.165, 1.54) is 16.7 Å². The summed E-state index contributed by atoms with van der Waals surface area (Å²) in [6.45, 7) is 3.14. The number of benzene rings is 2. The fourth-order valence-electron chi connectivity index (χ4n) is 4.21. The van der Waals surface area contributed by atoms with Gasteiger partial charge in [0.25, 0.3) is 0 Å². The van der Waals surface area contributed by atoms with Crippen molar-refractivity contribution in [3.8, 4) is 0 Å². The van der Waals surface area contributed by atoms with Gasteiger partial charge < -0.3 is 10.2 Å². The number of hydrogen-bond donors (Lipinski definition) is 1. The van der Waals surface area contributed by atoms with Crippen LogP contribution in [-0.2, 0) is 22.6 Å². The zero-order chi connectivity index (χ0) is 18.8. The van der Waals surface area contributed by atoms with Gasteiger partial charge in [-0.2, -0.15) is 0 Å². The highest BCUT2D eigenvalue weighted by Crippen LogP contribution is 2.30. The summed E-state index contributed by atoms with van der Waals surface area (Å²) in [7, 11) is 0. The van der Waals surface area contributed by atoms with Crippen molar-refractivity contribution in [2.75, 3.05) is 6.54 Å². The van der Waals surface area contributed by atoms with Gasteiger partial charge in [-0.15, -0.1) is 0 Å². The molecule has 1 aliphatic heterocycles. The van der Waals surface area contributed by atoms with E-state index in [1.807, 2.05) is 11.0 Å². The maximum Gasteiger partial charge on any atom is 0.225 e. The summed E-state index contributed by atoms with van der Waals surface area (Å²) in [6, 6.07) is 16.6. The third kappa shape index (κ3) is 3.90. The highest BCUT2D eigenvalue weighted by molar-refractivity contribution is 5.89. The molecule has 1 heterocycles. The summed E-state index contributed by atoms with van der Waals surface area (Å²) < 4.78 is 0. The Balaban J connectivity index is 1.39. The second-order valence-corrected chi connectivity index (χ2v) is 7.81. The van der Waals surface area contributed by atoms with Crippen LogP contribution in [0.3, 0.4) is 0 Å². The average Bonchev–Trinajstić information content (AvgIpc) is 3.04. The first-order valence-electron chi connectivity index (χ1n) is 9.81. The molecule has 0 spiro atoms. The largest absolute Gasteiger partial charge is 0.349 e. The van der Waals surface area contributed by atoms with Crippen LogP contribution in [0, 0.1) is 12.8 Å². The van der Waals surface area contributed by atoms with E-state index in [0.29, 0.717) is 19.5 Å². The third-order valence-corrected chi connectivity index (χ3v) is 5.77. The Hall–Kier alpha value is -2.62. The van der Waals surface area contributed by atoms with E-state index >= 15 is 0 Å². The van der Waals surface area contributed by atoms with Crippen LogP contribution < -0.4 is 5.32 Å². The van der Waals surface area contributed by atoms with E-state index < -0.39 is 0 Å². The minimum atomic E-state index is -0.253. The molecule has 2 amide bonds. The van der Waals surface area contributed by atoms with E-state index in [9.17, 15) is 9.59 Å². The van der Waals surface area contributed by atoms with Crippen molar-refractivity contribution in [3.05, 3.63) is 70.8 Å². The molecule has 2 aliphatic rings. The molecule has 0 radical (unpaired) electrons. The Kier molecular flexibility index (Phi) is 4.97. The maximum absolute atomic E-state index is 12.8. The molecule has 1 N–H and O–H groups in total. The van der Waals surface area contributed by atoms with Crippen molar-refractivity contribution in [1.29, 1.82) is 0 Å². The number of nitrogens with zero attached hydrogens (tertiary/aromatic N) is 1. The standard InChI is InChI=1S/C23H26N2O2/c1-16-9-11-17(12-10-16)14-25-15-19(13-22(25)26)23(27)24-21-8-4-6-18-5-2-3-7-20(18)21/h2-3,5,7,9-12,19,21H,4,6,8,13-15H2,1H3,(H,24,27)/t19-,21-/m0/s1. The molecule has 4 rings (SSSR count). The van der Waals surface area contributed by atoms with Crippen molar-refractivity contribution >= 4 is 11.8 Å². The highest BCUT2D eigenvalue weighted by Gasteiger charge is 2.35. The van der Waals surface area contributed by atoms with Gasteiger partial charge in [0.15, 0.2) is 0 Å². The molecular formula is C23H26N2O2. The number of rotatable bonds is 4. The molecule has 2 aromatic rings. The number of nitrogens with one attached hydrogen (secondary N) is 1. The molecule has 0 saturated carbocycles. The molecule has 140 valence electrons. The van der Waals surface area contributed by atoms with Crippen LogP contribution in [0.2, 0.25) is 0 Å². The molecule has 1 saturated heterocycles. The smallest absolute Gasteiger partial charge is 0.225 e. The Labute approximate surface area is 160 Å². The Morgan fingerprint density at radius 2 is 1.93 bits per heavy atom. The lowest BCUT2D eigenvalue weighted by Gasteiger charge is -2.27. The lowest BCUT2D eigenvalue weighted by atomic mass is 9.87. The molecule has 4 heteroatoms. The molecule has 4 nitrogen and oxygen atoms in total. The first kappa shape index (κ1) is 17.8. The maximum atomic E-state index is 12.8. The molecule has 1 fully saturated rings. The molecule has 27 heavy (non-hydrogen) atoms. The summed E-state index contributed by atoms with van der Waals surface area (Å²) in [5.74, 6) is -0.173. The number of fused-ring (bicyclic) bond motifs is 1. The Morgan fingerprint density at radius 1 is 1.15 bits per heavy atom. The van der Waals surface area contributed by atoms with Gasteiger partial charge in [-0.1, -0.05) is 54.1 Å². The average molecular weight is 362 g/mol. The molecular weight excluding hydrogens is 336 g/mol. The second kappa shape index (κ2) is 7.55. The van der Waals surface area contributed by atoms with Crippen molar-refractivity contribution in [3.63, 3.8) is 0 Å². The van der Waals surface area contributed by atoms with Crippen molar-refractivity contribution in [2.45, 2.75) is 45.2 Å². The number of amides is 2. The minimum Gasteiger partial charge on any atom is -0.349 e. The van der Waals surface area contributed by atoms with Crippen LogP contribution in [0.4, 0.5) is 0 Å². The first-order chi connectivity index (χ1) is 13.1. The van der Waals surface area contributed by atoms with Crippen LogP contribution in [0.15, 0.2) is 48.5 Å². The summed E-state index contributed by atoms with van der Waals surface area (Å²) >= 11 is 0. The number of aryl methyl sites for hydroxylation is 2. The van der Waals surface area contributed by atoms with Crippen LogP contribution in [0.5, 0.6) is 0 Å². The molecule has 0 aromatic heterocycles. The monoisotopic (exact) mass is 362 g/mol. The van der Waals surface area contributed by atoms with Gasteiger partial charge in [-0.05, 0) is 42.9 Å². The fourth-order valence-corrected chi connectivity index (χ4v) is 4.21. The zero-order valence-corrected chi connectivity index (χ0v) is 15.8. The van der Waals surface area contributed by atoms with E-state index in [0.717, 1.165) is 24.8 Å². The van der Waals surface area contributed by atoms with Crippen molar-refractivity contribution < 1.29 is 9.59 Å². The minimum absolute atomic E-state index is 0.0106. The van der Waals surface area contributed by atoms with Gasteiger partial charge in [0, 0.05) is 19.5 Å². The van der Waals surface area contributed by atoms with E-state index in [2.05, 4.69) is 54.7 Å². The molecule has 2 atom stereocenters. The summed E-state index contributed by atoms with van der Waals surface area (Å²) in [5, 5.41) is 3.21. The van der Waals surface area contributed by atoms with Crippen molar-refractivity contribution in [2.24, 2.45) is 5.92 Å². The highest BCUT2D eigenvalue weighted by atomic mass is 16.2.